The normalized spacial score (nSPS) is 10.6. The van der Waals surface area contributed by atoms with Gasteiger partial charge in [0, 0.05) is 30.7 Å². The van der Waals surface area contributed by atoms with Gasteiger partial charge in [-0.3, -0.25) is 9.59 Å². The molecule has 1 heterocycles. The van der Waals surface area contributed by atoms with Gasteiger partial charge in [0.25, 0.3) is 0 Å². The fourth-order valence-corrected chi connectivity index (χ4v) is 2.02. The highest BCUT2D eigenvalue weighted by molar-refractivity contribution is 5.93. The van der Waals surface area contributed by atoms with Crippen LogP contribution in [0.25, 0.3) is 10.9 Å². The second kappa shape index (κ2) is 5.56. The molecular weight excluding hydrogens is 244 g/mol. The molecule has 1 amide bonds. The summed E-state index contributed by atoms with van der Waals surface area (Å²) in [7, 11) is 1.63. The number of hydrogen-bond donors (Lipinski definition) is 2. The number of carboxylic acid groups (broad SMARTS) is 1. The highest BCUT2D eigenvalue weighted by Gasteiger charge is 2.13. The molecule has 0 aliphatic heterocycles. The predicted molar refractivity (Wildman–Crippen MR) is 71.9 cm³/mol. The first-order chi connectivity index (χ1) is 9.08. The average Bonchev–Trinajstić information content (AvgIpc) is 2.78. The molecule has 0 unspecified atom stereocenters. The summed E-state index contributed by atoms with van der Waals surface area (Å²) in [5.41, 5.74) is 2.20. The van der Waals surface area contributed by atoms with Crippen molar-refractivity contribution in [3.63, 3.8) is 0 Å². The third-order valence-corrected chi connectivity index (χ3v) is 3.12. The fraction of sp³-hybridized carbons (Fsp3) is 0.286. The van der Waals surface area contributed by atoms with Crippen molar-refractivity contribution in [3.05, 3.63) is 36.0 Å². The minimum absolute atomic E-state index is 0.368. The van der Waals surface area contributed by atoms with E-state index < -0.39 is 12.4 Å². The molecule has 0 atom stereocenters. The summed E-state index contributed by atoms with van der Waals surface area (Å²) in [5, 5.41) is 9.71. The quantitative estimate of drug-likeness (QED) is 0.803. The number of H-pyrrole nitrogens is 1. The van der Waals surface area contributed by atoms with Gasteiger partial charge in [0.05, 0.1) is 0 Å². The molecule has 0 saturated heterocycles. The van der Waals surface area contributed by atoms with Crippen molar-refractivity contribution in [3.8, 4) is 0 Å². The molecule has 0 saturated carbocycles. The van der Waals surface area contributed by atoms with Crippen molar-refractivity contribution in [2.45, 2.75) is 12.8 Å². The third-order valence-electron chi connectivity index (χ3n) is 3.12. The van der Waals surface area contributed by atoms with Crippen LogP contribution < -0.4 is 0 Å². The number of para-hydroxylation sites is 1. The topological polar surface area (TPSA) is 73.4 Å². The highest BCUT2D eigenvalue weighted by atomic mass is 16.4. The van der Waals surface area contributed by atoms with Crippen LogP contribution in [0.4, 0.5) is 0 Å². The van der Waals surface area contributed by atoms with Gasteiger partial charge in [-0.25, -0.2) is 0 Å². The molecule has 2 rings (SSSR count). The Morgan fingerprint density at radius 1 is 1.32 bits per heavy atom. The lowest BCUT2D eigenvalue weighted by molar-refractivity contribution is -0.143. The van der Waals surface area contributed by atoms with E-state index in [-0.39, 0.29) is 5.91 Å². The van der Waals surface area contributed by atoms with Gasteiger partial charge in [0.2, 0.25) is 5.91 Å². The Balaban J connectivity index is 1.99. The Kier molecular flexibility index (Phi) is 3.85. The Bertz CT molecular complexity index is 604. The van der Waals surface area contributed by atoms with E-state index in [0.29, 0.717) is 13.0 Å². The van der Waals surface area contributed by atoms with E-state index in [1.165, 1.54) is 4.90 Å². The Morgan fingerprint density at radius 2 is 2.05 bits per heavy atom. The summed E-state index contributed by atoms with van der Waals surface area (Å²) in [6.07, 6.45) is 2.18. The third kappa shape index (κ3) is 3.13. The average molecular weight is 260 g/mol. The standard InChI is InChI=1S/C14H16N2O3/c1-16(13(17)8-14(18)19)7-6-10-9-15-12-5-3-2-4-11(10)12/h2-5,9,15H,6-8H2,1H3,(H,18,19). The number of aliphatic carboxylic acids is 1. The Labute approximate surface area is 110 Å². The lowest BCUT2D eigenvalue weighted by Gasteiger charge is -2.15. The highest BCUT2D eigenvalue weighted by Crippen LogP contribution is 2.18. The number of likely N-dealkylation sites (N-methyl/N-ethyl adjacent to an activating group) is 1. The van der Waals surface area contributed by atoms with Crippen LogP contribution in [0.5, 0.6) is 0 Å². The van der Waals surface area contributed by atoms with E-state index in [2.05, 4.69) is 4.98 Å². The second-order valence-electron chi connectivity index (χ2n) is 4.50. The maximum atomic E-state index is 11.5. The molecule has 100 valence electrons. The van der Waals surface area contributed by atoms with E-state index in [1.54, 1.807) is 7.05 Å². The van der Waals surface area contributed by atoms with Crippen molar-refractivity contribution < 1.29 is 14.7 Å². The molecule has 5 heteroatoms. The van der Waals surface area contributed by atoms with Gasteiger partial charge in [-0.15, -0.1) is 0 Å². The summed E-state index contributed by atoms with van der Waals surface area (Å²) in [4.78, 5) is 26.6. The molecule has 1 aromatic carbocycles. The number of carbonyl (C=O) groups excluding carboxylic acids is 1. The number of nitrogens with one attached hydrogen (secondary N) is 1. The molecule has 0 aliphatic carbocycles. The van der Waals surface area contributed by atoms with E-state index in [1.807, 2.05) is 30.5 Å². The first kappa shape index (κ1) is 13.1. The molecule has 1 aromatic heterocycles. The number of carboxylic acids is 1. The molecule has 0 aliphatic rings. The van der Waals surface area contributed by atoms with E-state index in [0.717, 1.165) is 16.5 Å². The smallest absolute Gasteiger partial charge is 0.312 e. The summed E-state index contributed by atoms with van der Waals surface area (Å²) in [6.45, 7) is 0.508. The monoisotopic (exact) mass is 260 g/mol. The van der Waals surface area contributed by atoms with Crippen LogP contribution in [0.3, 0.4) is 0 Å². The SMILES string of the molecule is CN(CCc1c[nH]c2ccccc12)C(=O)CC(=O)O. The number of aromatic nitrogens is 1. The maximum absolute atomic E-state index is 11.5. The van der Waals surface area contributed by atoms with Crippen LogP contribution in [0.2, 0.25) is 0 Å². The van der Waals surface area contributed by atoms with Crippen molar-refractivity contribution in [2.75, 3.05) is 13.6 Å². The zero-order chi connectivity index (χ0) is 13.8. The zero-order valence-electron chi connectivity index (χ0n) is 10.7. The molecule has 5 nitrogen and oxygen atoms in total. The van der Waals surface area contributed by atoms with Crippen LogP contribution in [0.15, 0.2) is 30.5 Å². The van der Waals surface area contributed by atoms with Gasteiger partial charge in [-0.05, 0) is 18.1 Å². The Hall–Kier alpha value is -2.30. The van der Waals surface area contributed by atoms with Crippen LogP contribution in [-0.2, 0) is 16.0 Å². The largest absolute Gasteiger partial charge is 0.481 e. The Morgan fingerprint density at radius 3 is 2.79 bits per heavy atom. The molecule has 0 radical (unpaired) electrons. The molecule has 0 spiro atoms. The zero-order valence-corrected chi connectivity index (χ0v) is 10.7. The lowest BCUT2D eigenvalue weighted by Crippen LogP contribution is -2.30. The second-order valence-corrected chi connectivity index (χ2v) is 4.50. The summed E-state index contributed by atoms with van der Waals surface area (Å²) in [5.74, 6) is -1.46. The van der Waals surface area contributed by atoms with E-state index in [9.17, 15) is 9.59 Å². The van der Waals surface area contributed by atoms with Crippen LogP contribution in [-0.4, -0.2) is 40.5 Å². The first-order valence-electron chi connectivity index (χ1n) is 6.08. The molecule has 0 fully saturated rings. The van der Waals surface area contributed by atoms with Crippen LogP contribution in [0, 0.1) is 0 Å². The number of carbonyl (C=O) groups is 2. The number of rotatable bonds is 5. The van der Waals surface area contributed by atoms with Gasteiger partial charge in [0.15, 0.2) is 0 Å². The van der Waals surface area contributed by atoms with Crippen LogP contribution >= 0.6 is 0 Å². The van der Waals surface area contributed by atoms with Crippen molar-refractivity contribution in [1.82, 2.24) is 9.88 Å². The number of aromatic amines is 1. The van der Waals surface area contributed by atoms with Crippen molar-refractivity contribution >= 4 is 22.8 Å². The molecule has 0 bridgehead atoms. The van der Waals surface area contributed by atoms with Gasteiger partial charge >= 0.3 is 5.97 Å². The van der Waals surface area contributed by atoms with Gasteiger partial charge in [-0.2, -0.15) is 0 Å². The number of hydrogen-bond acceptors (Lipinski definition) is 2. The van der Waals surface area contributed by atoms with Gasteiger partial charge in [-0.1, -0.05) is 18.2 Å². The van der Waals surface area contributed by atoms with Gasteiger partial charge in [0.1, 0.15) is 6.42 Å². The molecule has 2 aromatic rings. The minimum Gasteiger partial charge on any atom is -0.481 e. The van der Waals surface area contributed by atoms with Crippen molar-refractivity contribution in [1.29, 1.82) is 0 Å². The molecule has 2 N–H and O–H groups in total. The molecular formula is C14H16N2O3. The van der Waals surface area contributed by atoms with E-state index in [4.69, 9.17) is 5.11 Å². The van der Waals surface area contributed by atoms with Gasteiger partial charge < -0.3 is 15.0 Å². The summed E-state index contributed by atoms with van der Waals surface area (Å²) in [6, 6.07) is 7.96. The first-order valence-corrected chi connectivity index (χ1v) is 6.08. The summed E-state index contributed by atoms with van der Waals surface area (Å²) < 4.78 is 0. The van der Waals surface area contributed by atoms with Crippen LogP contribution in [0.1, 0.15) is 12.0 Å². The number of nitrogens with zero attached hydrogens (tertiary/aromatic N) is 1. The minimum atomic E-state index is -1.09. The predicted octanol–water partition coefficient (Wildman–Crippen LogP) is 1.64. The fourth-order valence-electron chi connectivity index (χ4n) is 2.02. The maximum Gasteiger partial charge on any atom is 0.312 e. The molecule has 19 heavy (non-hydrogen) atoms. The number of benzene rings is 1. The van der Waals surface area contributed by atoms with E-state index >= 15 is 0 Å². The lowest BCUT2D eigenvalue weighted by atomic mass is 10.1. The number of amides is 1. The van der Waals surface area contributed by atoms with Crippen molar-refractivity contribution in [2.24, 2.45) is 0 Å². The summed E-state index contributed by atoms with van der Waals surface area (Å²) >= 11 is 0. The number of fused-ring (bicyclic) bond motifs is 1.